The Morgan fingerprint density at radius 3 is 2.52 bits per heavy atom. The van der Waals surface area contributed by atoms with Crippen LogP contribution in [0.25, 0.3) is 0 Å². The Balaban J connectivity index is 0.00000300. The molecule has 160 valence electrons. The molecule has 5 nitrogen and oxygen atoms in total. The number of benzene rings is 1. The van der Waals surface area contributed by atoms with E-state index < -0.39 is 11.6 Å². The first-order valence-electron chi connectivity index (χ1n) is 10.4. The molecule has 0 aliphatic heterocycles. The molecule has 1 heterocycles. The average molecular weight is 512 g/mol. The van der Waals surface area contributed by atoms with Crippen molar-refractivity contribution < 1.29 is 43.2 Å². The second-order valence-electron chi connectivity index (χ2n) is 8.22. The van der Waals surface area contributed by atoms with Crippen molar-refractivity contribution in [3.8, 4) is 0 Å². The summed E-state index contributed by atoms with van der Waals surface area (Å²) in [6.45, 7) is 5.12. The van der Waals surface area contributed by atoms with Gasteiger partial charge in [0.25, 0.3) is 5.82 Å². The number of hydrogen-bond acceptors (Lipinski definition) is 3. The number of aromatic nitrogens is 2. The number of halogens is 1. The van der Waals surface area contributed by atoms with Gasteiger partial charge in [0.1, 0.15) is 25.5 Å². The molecule has 1 aliphatic carbocycles. The summed E-state index contributed by atoms with van der Waals surface area (Å²) in [6, 6.07) is 9.29. The summed E-state index contributed by atoms with van der Waals surface area (Å²) >= 11 is 0. The first-order chi connectivity index (χ1) is 13.4. The van der Waals surface area contributed by atoms with Crippen LogP contribution in [0.5, 0.6) is 0 Å². The van der Waals surface area contributed by atoms with E-state index in [1.54, 1.807) is 0 Å². The molecule has 29 heavy (non-hydrogen) atoms. The molecule has 1 fully saturated rings. The van der Waals surface area contributed by atoms with Crippen LogP contribution in [-0.2, 0) is 28.7 Å². The smallest absolute Gasteiger partial charge is 0.343 e. The van der Waals surface area contributed by atoms with E-state index in [1.165, 1.54) is 12.2 Å². The van der Waals surface area contributed by atoms with Gasteiger partial charge in [-0.25, -0.2) is 13.9 Å². The summed E-state index contributed by atoms with van der Waals surface area (Å²) in [4.78, 5) is 13.1. The van der Waals surface area contributed by atoms with Crippen molar-refractivity contribution >= 4 is 5.97 Å². The van der Waals surface area contributed by atoms with E-state index in [-0.39, 0.29) is 36.5 Å². The topological polar surface area (TPSA) is 55.3 Å². The van der Waals surface area contributed by atoms with Gasteiger partial charge in [0.05, 0.1) is 13.0 Å². The molecular weight excluding hydrogens is 479 g/mol. The van der Waals surface area contributed by atoms with Crippen LogP contribution >= 0.6 is 0 Å². The SMILES string of the molecule is CC(C)c1n(CCOC(=O)C(O)(c2ccccc2)C2CCCCC2)cc[n+]1C.[I-]. The monoisotopic (exact) mass is 512 g/mol. The zero-order valence-corrected chi connectivity index (χ0v) is 19.8. The molecule has 1 N–H and O–H groups in total. The van der Waals surface area contributed by atoms with Gasteiger partial charge in [0.15, 0.2) is 5.60 Å². The fourth-order valence-corrected chi connectivity index (χ4v) is 4.54. The summed E-state index contributed by atoms with van der Waals surface area (Å²) in [6.07, 6.45) is 8.98. The Morgan fingerprint density at radius 1 is 1.24 bits per heavy atom. The summed E-state index contributed by atoms with van der Waals surface area (Å²) in [5, 5.41) is 11.5. The number of hydrogen-bond donors (Lipinski definition) is 1. The van der Waals surface area contributed by atoms with E-state index in [9.17, 15) is 9.90 Å². The van der Waals surface area contributed by atoms with Gasteiger partial charge < -0.3 is 33.8 Å². The van der Waals surface area contributed by atoms with Crippen molar-refractivity contribution in [3.63, 3.8) is 0 Å². The molecule has 1 aromatic heterocycles. The van der Waals surface area contributed by atoms with Crippen LogP contribution < -0.4 is 28.5 Å². The largest absolute Gasteiger partial charge is 1.00 e. The predicted octanol–water partition coefficient (Wildman–Crippen LogP) is 0.451. The van der Waals surface area contributed by atoms with Gasteiger partial charge in [-0.3, -0.25) is 0 Å². The highest BCUT2D eigenvalue weighted by atomic mass is 127. The lowest BCUT2D eigenvalue weighted by molar-refractivity contribution is -0.680. The standard InChI is InChI=1S/C23H33N2O3.HI/c1-18(2)21-24(3)14-15-25(21)16-17-28-22(26)23(27,19-10-6-4-7-11-19)20-12-8-5-9-13-20;/h4,6-7,10-11,14-15,18,20,27H,5,8-9,12-13,16-17H2,1-3H3;1H/q+1;/p-1. The Hall–Kier alpha value is -1.41. The van der Waals surface area contributed by atoms with E-state index >= 15 is 0 Å². The van der Waals surface area contributed by atoms with Gasteiger partial charge in [-0.15, -0.1) is 0 Å². The highest BCUT2D eigenvalue weighted by Crippen LogP contribution is 2.40. The van der Waals surface area contributed by atoms with E-state index in [0.29, 0.717) is 18.0 Å². The number of rotatable bonds is 7. The summed E-state index contributed by atoms with van der Waals surface area (Å²) < 4.78 is 9.85. The predicted molar refractivity (Wildman–Crippen MR) is 108 cm³/mol. The van der Waals surface area contributed by atoms with Crippen molar-refractivity contribution in [3.05, 3.63) is 54.1 Å². The van der Waals surface area contributed by atoms with Crippen LogP contribution in [0.3, 0.4) is 0 Å². The number of aryl methyl sites for hydroxylation is 1. The fourth-order valence-electron chi connectivity index (χ4n) is 4.54. The molecule has 1 unspecified atom stereocenters. The number of carbonyl (C=O) groups is 1. The van der Waals surface area contributed by atoms with Crippen LogP contribution in [0.1, 0.15) is 63.3 Å². The zero-order valence-electron chi connectivity index (χ0n) is 17.7. The lowest BCUT2D eigenvalue weighted by Crippen LogP contribution is -3.00. The zero-order chi connectivity index (χ0) is 20.1. The number of nitrogens with zero attached hydrogens (tertiary/aromatic N) is 2. The van der Waals surface area contributed by atoms with Crippen molar-refractivity contribution in [2.75, 3.05) is 6.61 Å². The van der Waals surface area contributed by atoms with Crippen LogP contribution in [0.15, 0.2) is 42.7 Å². The maximum absolute atomic E-state index is 13.1. The van der Waals surface area contributed by atoms with Crippen molar-refractivity contribution in [1.82, 2.24) is 4.57 Å². The quantitative estimate of drug-likeness (QED) is 0.333. The van der Waals surface area contributed by atoms with E-state index in [2.05, 4.69) is 23.0 Å². The molecule has 0 saturated heterocycles. The van der Waals surface area contributed by atoms with E-state index in [0.717, 1.165) is 25.7 Å². The highest BCUT2D eigenvalue weighted by molar-refractivity contribution is 5.81. The normalized spacial score (nSPS) is 16.9. The van der Waals surface area contributed by atoms with Crippen LogP contribution in [0, 0.1) is 5.92 Å². The maximum Gasteiger partial charge on any atom is 0.343 e. The van der Waals surface area contributed by atoms with Crippen molar-refractivity contribution in [2.45, 2.75) is 64.0 Å². The number of esters is 1. The second-order valence-corrected chi connectivity index (χ2v) is 8.22. The van der Waals surface area contributed by atoms with Gasteiger partial charge in [-0.1, -0.05) is 63.4 Å². The Kier molecular flexibility index (Phi) is 8.70. The first-order valence-corrected chi connectivity index (χ1v) is 10.4. The minimum absolute atomic E-state index is 0. The maximum atomic E-state index is 13.1. The molecule has 2 aromatic rings. The van der Waals surface area contributed by atoms with Crippen molar-refractivity contribution in [1.29, 1.82) is 0 Å². The van der Waals surface area contributed by atoms with Crippen LogP contribution in [0.4, 0.5) is 0 Å². The Labute approximate surface area is 191 Å². The molecule has 0 amide bonds. The molecule has 1 saturated carbocycles. The average Bonchev–Trinajstić information content (AvgIpc) is 3.09. The molecule has 0 bridgehead atoms. The van der Waals surface area contributed by atoms with Crippen molar-refractivity contribution in [2.24, 2.45) is 13.0 Å². The van der Waals surface area contributed by atoms with E-state index in [4.69, 9.17) is 4.74 Å². The van der Waals surface area contributed by atoms with Gasteiger partial charge in [-0.05, 0) is 18.4 Å². The minimum atomic E-state index is -1.57. The second kappa shape index (κ2) is 10.6. The number of aliphatic hydroxyl groups is 1. The third-order valence-corrected chi connectivity index (χ3v) is 5.93. The van der Waals surface area contributed by atoms with Gasteiger partial charge in [0.2, 0.25) is 0 Å². The summed E-state index contributed by atoms with van der Waals surface area (Å²) in [5.41, 5.74) is -0.925. The van der Waals surface area contributed by atoms with Crippen LogP contribution in [0.2, 0.25) is 0 Å². The molecule has 3 rings (SSSR count). The van der Waals surface area contributed by atoms with Crippen LogP contribution in [-0.4, -0.2) is 22.2 Å². The molecule has 0 radical (unpaired) electrons. The third-order valence-electron chi connectivity index (χ3n) is 5.93. The third kappa shape index (κ3) is 5.20. The lowest BCUT2D eigenvalue weighted by Gasteiger charge is -2.36. The Morgan fingerprint density at radius 2 is 1.90 bits per heavy atom. The highest BCUT2D eigenvalue weighted by Gasteiger charge is 2.47. The molecular formula is C23H33IN2O3. The molecule has 1 aliphatic rings. The minimum Gasteiger partial charge on any atom is -1.00 e. The first kappa shape index (κ1) is 23.9. The molecule has 0 spiro atoms. The molecule has 1 atom stereocenters. The number of carbonyl (C=O) groups excluding carboxylic acids is 1. The van der Waals surface area contributed by atoms with Gasteiger partial charge in [-0.2, -0.15) is 0 Å². The summed E-state index contributed by atoms with van der Waals surface area (Å²) in [5.74, 6) is 0.945. The fraction of sp³-hybridized carbons (Fsp3) is 0.565. The lowest BCUT2D eigenvalue weighted by atomic mass is 9.73. The number of ether oxygens (including phenoxy) is 1. The van der Waals surface area contributed by atoms with Gasteiger partial charge in [0, 0.05) is 5.92 Å². The molecule has 6 heteroatoms. The number of imidazole rings is 1. The van der Waals surface area contributed by atoms with E-state index in [1.807, 2.05) is 49.8 Å². The summed E-state index contributed by atoms with van der Waals surface area (Å²) in [7, 11) is 2.02. The van der Waals surface area contributed by atoms with Gasteiger partial charge >= 0.3 is 5.97 Å². The Bertz CT molecular complexity index is 785. The molecule has 1 aromatic carbocycles.